The minimum Gasteiger partial charge on any atom is -0.480 e. The van der Waals surface area contributed by atoms with Crippen LogP contribution in [0.4, 0.5) is 4.79 Å². The zero-order valence-corrected chi connectivity index (χ0v) is 17.4. The monoisotopic (exact) mass is 437 g/mol. The normalized spacial score (nSPS) is 11.4. The van der Waals surface area contributed by atoms with Crippen LogP contribution < -0.4 is 16.0 Å². The zero-order chi connectivity index (χ0) is 21.6. The number of halogens is 2. The molecule has 2 aromatic carbocycles. The Hall–Kier alpha value is -2.77. The Morgan fingerprint density at radius 2 is 1.59 bits per heavy atom. The lowest BCUT2D eigenvalue weighted by Gasteiger charge is -2.17. The molecule has 0 radical (unpaired) electrons. The molecular formula is C20H21Cl2N3O4. The van der Waals surface area contributed by atoms with E-state index in [1.807, 2.05) is 32.0 Å². The van der Waals surface area contributed by atoms with Crippen molar-refractivity contribution in [3.8, 4) is 0 Å². The summed E-state index contributed by atoms with van der Waals surface area (Å²) in [6, 6.07) is 8.50. The molecule has 0 aliphatic heterocycles. The first-order valence-corrected chi connectivity index (χ1v) is 9.49. The van der Waals surface area contributed by atoms with E-state index in [9.17, 15) is 19.5 Å². The molecule has 0 heterocycles. The second-order valence-electron chi connectivity index (χ2n) is 6.52. The van der Waals surface area contributed by atoms with E-state index in [0.29, 0.717) is 0 Å². The van der Waals surface area contributed by atoms with E-state index in [-0.39, 0.29) is 28.7 Å². The number of aryl methyl sites for hydroxylation is 2. The fraction of sp³-hybridized carbons (Fsp3) is 0.250. The van der Waals surface area contributed by atoms with Crippen LogP contribution in [0.2, 0.25) is 10.0 Å². The van der Waals surface area contributed by atoms with Crippen molar-refractivity contribution in [2.75, 3.05) is 6.54 Å². The molecule has 1 unspecified atom stereocenters. The van der Waals surface area contributed by atoms with Crippen molar-refractivity contribution < 1.29 is 19.5 Å². The van der Waals surface area contributed by atoms with E-state index < -0.39 is 23.9 Å². The van der Waals surface area contributed by atoms with E-state index in [4.69, 9.17) is 23.2 Å². The number of hydrogen-bond donors (Lipinski definition) is 4. The second-order valence-corrected chi connectivity index (χ2v) is 7.33. The quantitative estimate of drug-likeness (QED) is 0.532. The number of amides is 3. The van der Waals surface area contributed by atoms with Crippen molar-refractivity contribution >= 4 is 41.1 Å². The number of benzene rings is 2. The van der Waals surface area contributed by atoms with Gasteiger partial charge in [0.1, 0.15) is 6.04 Å². The zero-order valence-electron chi connectivity index (χ0n) is 15.9. The maximum absolute atomic E-state index is 12.3. The van der Waals surface area contributed by atoms with Crippen molar-refractivity contribution in [3.05, 3.63) is 68.7 Å². The van der Waals surface area contributed by atoms with E-state index in [0.717, 1.165) is 16.7 Å². The number of nitrogens with one attached hydrogen (secondary N) is 3. The molecule has 4 N–H and O–H groups in total. The summed E-state index contributed by atoms with van der Waals surface area (Å²) in [7, 11) is 0. The van der Waals surface area contributed by atoms with Gasteiger partial charge in [-0.25, -0.2) is 9.59 Å². The van der Waals surface area contributed by atoms with Gasteiger partial charge in [-0.15, -0.1) is 0 Å². The summed E-state index contributed by atoms with van der Waals surface area (Å²) in [6.07, 6.45) is 0. The Balaban J connectivity index is 1.92. The Morgan fingerprint density at radius 3 is 2.14 bits per heavy atom. The number of carboxylic acids is 1. The third-order valence-electron chi connectivity index (χ3n) is 3.99. The molecule has 0 spiro atoms. The van der Waals surface area contributed by atoms with Crippen LogP contribution in [-0.4, -0.2) is 35.6 Å². The fourth-order valence-corrected chi connectivity index (χ4v) is 3.32. The summed E-state index contributed by atoms with van der Waals surface area (Å²) in [5.41, 5.74) is 3.05. The third kappa shape index (κ3) is 6.66. The molecule has 0 bridgehead atoms. The number of hydrogen-bond acceptors (Lipinski definition) is 3. The van der Waals surface area contributed by atoms with Gasteiger partial charge in [-0.05, 0) is 31.5 Å². The van der Waals surface area contributed by atoms with E-state index >= 15 is 0 Å². The van der Waals surface area contributed by atoms with E-state index in [2.05, 4.69) is 16.0 Å². The topological polar surface area (TPSA) is 108 Å². The van der Waals surface area contributed by atoms with Gasteiger partial charge in [-0.3, -0.25) is 4.79 Å². The van der Waals surface area contributed by atoms with Gasteiger partial charge in [0.15, 0.2) is 0 Å². The lowest BCUT2D eigenvalue weighted by atomic mass is 10.1. The van der Waals surface area contributed by atoms with Gasteiger partial charge in [0, 0.05) is 6.54 Å². The lowest BCUT2D eigenvalue weighted by molar-refractivity contribution is -0.139. The molecule has 2 aromatic rings. The number of carbonyl (C=O) groups excluding carboxylic acids is 2. The highest BCUT2D eigenvalue weighted by molar-refractivity contribution is 6.39. The SMILES string of the molecule is Cc1cc(C)cc(CNC(=O)NCC(NC(=O)c2c(Cl)cccc2Cl)C(=O)O)c1. The molecule has 7 nitrogen and oxygen atoms in total. The first-order chi connectivity index (χ1) is 13.7. The Morgan fingerprint density at radius 1 is 1.00 bits per heavy atom. The number of aliphatic carboxylic acids is 1. The first kappa shape index (κ1) is 22.5. The molecule has 3 amide bonds. The van der Waals surface area contributed by atoms with E-state index in [1.165, 1.54) is 12.1 Å². The largest absolute Gasteiger partial charge is 0.480 e. The highest BCUT2D eigenvalue weighted by atomic mass is 35.5. The second kappa shape index (κ2) is 10.1. The lowest BCUT2D eigenvalue weighted by Crippen LogP contribution is -2.50. The van der Waals surface area contributed by atoms with Crippen LogP contribution in [0.15, 0.2) is 36.4 Å². The van der Waals surface area contributed by atoms with Crippen molar-refractivity contribution in [1.82, 2.24) is 16.0 Å². The van der Waals surface area contributed by atoms with Gasteiger partial charge >= 0.3 is 12.0 Å². The molecule has 0 aliphatic carbocycles. The summed E-state index contributed by atoms with van der Waals surface area (Å²) in [5, 5.41) is 16.9. The number of urea groups is 1. The maximum atomic E-state index is 12.3. The molecular weight excluding hydrogens is 417 g/mol. The molecule has 154 valence electrons. The van der Waals surface area contributed by atoms with Crippen LogP contribution in [0.1, 0.15) is 27.0 Å². The Bertz CT molecular complexity index is 893. The number of carbonyl (C=O) groups is 3. The van der Waals surface area contributed by atoms with Crippen molar-refractivity contribution in [1.29, 1.82) is 0 Å². The van der Waals surface area contributed by atoms with E-state index in [1.54, 1.807) is 6.07 Å². The molecule has 9 heteroatoms. The summed E-state index contributed by atoms with van der Waals surface area (Å²) < 4.78 is 0. The van der Waals surface area contributed by atoms with Crippen LogP contribution in [0.25, 0.3) is 0 Å². The van der Waals surface area contributed by atoms with Crippen LogP contribution in [0.3, 0.4) is 0 Å². The van der Waals surface area contributed by atoms with Crippen molar-refractivity contribution in [2.45, 2.75) is 26.4 Å². The molecule has 1 atom stereocenters. The smallest absolute Gasteiger partial charge is 0.328 e. The minimum absolute atomic E-state index is 0.0265. The van der Waals surface area contributed by atoms with Gasteiger partial charge in [0.25, 0.3) is 5.91 Å². The van der Waals surface area contributed by atoms with Gasteiger partial charge in [-0.1, -0.05) is 58.6 Å². The number of rotatable bonds is 7. The van der Waals surface area contributed by atoms with Crippen LogP contribution >= 0.6 is 23.2 Å². The molecule has 2 rings (SSSR count). The summed E-state index contributed by atoms with van der Waals surface area (Å²) >= 11 is 11.9. The van der Waals surface area contributed by atoms with Gasteiger partial charge in [0.2, 0.25) is 0 Å². The van der Waals surface area contributed by atoms with Crippen molar-refractivity contribution in [3.63, 3.8) is 0 Å². The van der Waals surface area contributed by atoms with Crippen LogP contribution in [-0.2, 0) is 11.3 Å². The molecule has 0 saturated carbocycles. The third-order valence-corrected chi connectivity index (χ3v) is 4.62. The average Bonchev–Trinajstić information content (AvgIpc) is 2.62. The maximum Gasteiger partial charge on any atom is 0.328 e. The first-order valence-electron chi connectivity index (χ1n) is 8.74. The van der Waals surface area contributed by atoms with Crippen LogP contribution in [0, 0.1) is 13.8 Å². The summed E-state index contributed by atoms with van der Waals surface area (Å²) in [6.45, 7) is 3.89. The summed E-state index contributed by atoms with van der Waals surface area (Å²) in [5.74, 6) is -2.05. The minimum atomic E-state index is -1.36. The average molecular weight is 438 g/mol. The highest BCUT2D eigenvalue weighted by Gasteiger charge is 2.24. The van der Waals surface area contributed by atoms with Gasteiger partial charge in [-0.2, -0.15) is 0 Å². The number of carboxylic acid groups (broad SMARTS) is 1. The molecule has 0 aliphatic rings. The highest BCUT2D eigenvalue weighted by Crippen LogP contribution is 2.24. The molecule has 0 saturated heterocycles. The predicted molar refractivity (Wildman–Crippen MR) is 112 cm³/mol. The van der Waals surface area contributed by atoms with Gasteiger partial charge in [0.05, 0.1) is 22.2 Å². The fourth-order valence-electron chi connectivity index (χ4n) is 2.76. The van der Waals surface area contributed by atoms with Gasteiger partial charge < -0.3 is 21.1 Å². The molecule has 0 aromatic heterocycles. The summed E-state index contributed by atoms with van der Waals surface area (Å²) in [4.78, 5) is 35.8. The molecule has 29 heavy (non-hydrogen) atoms. The molecule has 0 fully saturated rings. The Kier molecular flexibility index (Phi) is 7.87. The van der Waals surface area contributed by atoms with Crippen molar-refractivity contribution in [2.24, 2.45) is 0 Å². The predicted octanol–water partition coefficient (Wildman–Crippen LogP) is 3.29. The van der Waals surface area contributed by atoms with Crippen LogP contribution in [0.5, 0.6) is 0 Å². The standard InChI is InChI=1S/C20H21Cl2N3O4/c1-11-6-12(2)8-13(7-11)9-23-20(29)24-10-16(19(27)28)25-18(26)17-14(21)4-3-5-15(17)22/h3-8,16H,9-10H2,1-2H3,(H,25,26)(H,27,28)(H2,23,24,29). The Labute approximate surface area is 178 Å².